The Bertz CT molecular complexity index is 328. The molecule has 0 spiro atoms. The topological polar surface area (TPSA) is 38.5 Å². The molecule has 2 atom stereocenters. The summed E-state index contributed by atoms with van der Waals surface area (Å²) in [5.41, 5.74) is 7.41. The zero-order chi connectivity index (χ0) is 12.1. The van der Waals surface area contributed by atoms with E-state index in [4.69, 9.17) is 10.5 Å². The van der Waals surface area contributed by atoms with Gasteiger partial charge in [0.25, 0.3) is 0 Å². The van der Waals surface area contributed by atoms with Crippen LogP contribution in [0.4, 0.5) is 0 Å². The van der Waals surface area contributed by atoms with E-state index in [2.05, 4.69) is 42.2 Å². The van der Waals surface area contributed by atoms with E-state index in [0.717, 1.165) is 32.7 Å². The van der Waals surface area contributed by atoms with E-state index in [0.29, 0.717) is 0 Å². The molecule has 0 bridgehead atoms. The first-order valence-corrected chi connectivity index (χ1v) is 6.43. The fourth-order valence-electron chi connectivity index (χ4n) is 2.24. The molecule has 2 rings (SSSR count). The fraction of sp³-hybridized carbons (Fsp3) is 0.571. The highest BCUT2D eigenvalue weighted by atomic mass is 16.5. The van der Waals surface area contributed by atoms with Crippen LogP contribution in [0.2, 0.25) is 0 Å². The van der Waals surface area contributed by atoms with Crippen molar-refractivity contribution in [2.24, 2.45) is 5.73 Å². The standard InChI is InChI=1S/C14H22N2O/c1-2-13(15)14-11-16(8-9-17-14)10-12-6-4-3-5-7-12/h3-7,13-14H,2,8-11,15H2,1H3/t13-,14+/m1/s1. The number of hydrogen-bond acceptors (Lipinski definition) is 3. The van der Waals surface area contributed by atoms with Crippen molar-refractivity contribution >= 4 is 0 Å². The number of morpholine rings is 1. The van der Waals surface area contributed by atoms with Crippen molar-refractivity contribution in [1.29, 1.82) is 0 Å². The third kappa shape index (κ3) is 3.53. The Hall–Kier alpha value is -0.900. The van der Waals surface area contributed by atoms with Crippen LogP contribution in [0, 0.1) is 0 Å². The first-order valence-electron chi connectivity index (χ1n) is 6.43. The highest BCUT2D eigenvalue weighted by Gasteiger charge is 2.24. The molecule has 0 radical (unpaired) electrons. The Morgan fingerprint density at radius 3 is 2.88 bits per heavy atom. The summed E-state index contributed by atoms with van der Waals surface area (Å²) in [4.78, 5) is 2.43. The Kier molecular flexibility index (Phi) is 4.54. The number of nitrogens with zero attached hydrogens (tertiary/aromatic N) is 1. The van der Waals surface area contributed by atoms with Gasteiger partial charge in [0.15, 0.2) is 0 Å². The quantitative estimate of drug-likeness (QED) is 0.860. The maximum absolute atomic E-state index is 6.05. The number of benzene rings is 1. The molecule has 1 saturated heterocycles. The lowest BCUT2D eigenvalue weighted by atomic mass is 10.1. The van der Waals surface area contributed by atoms with Gasteiger partial charge in [0.05, 0.1) is 12.7 Å². The summed E-state index contributed by atoms with van der Waals surface area (Å²) in [5.74, 6) is 0. The second kappa shape index (κ2) is 6.15. The molecule has 0 unspecified atom stereocenters. The van der Waals surface area contributed by atoms with Crippen LogP contribution < -0.4 is 5.73 Å². The zero-order valence-corrected chi connectivity index (χ0v) is 10.5. The van der Waals surface area contributed by atoms with Crippen LogP contribution in [0.5, 0.6) is 0 Å². The first-order chi connectivity index (χ1) is 8.29. The van der Waals surface area contributed by atoms with Gasteiger partial charge in [-0.3, -0.25) is 4.90 Å². The molecule has 3 heteroatoms. The summed E-state index contributed by atoms with van der Waals surface area (Å²) in [7, 11) is 0. The number of hydrogen-bond donors (Lipinski definition) is 1. The number of ether oxygens (including phenoxy) is 1. The van der Waals surface area contributed by atoms with Crippen molar-refractivity contribution in [2.45, 2.75) is 32.0 Å². The third-order valence-corrected chi connectivity index (χ3v) is 3.38. The summed E-state index contributed by atoms with van der Waals surface area (Å²) in [6.45, 7) is 5.86. The molecule has 17 heavy (non-hydrogen) atoms. The molecule has 1 aromatic carbocycles. The van der Waals surface area contributed by atoms with E-state index in [1.165, 1.54) is 5.56 Å². The normalized spacial score (nSPS) is 23.5. The predicted molar refractivity (Wildman–Crippen MR) is 69.7 cm³/mol. The molecule has 0 aromatic heterocycles. The third-order valence-electron chi connectivity index (χ3n) is 3.38. The lowest BCUT2D eigenvalue weighted by Crippen LogP contribution is -2.50. The maximum Gasteiger partial charge on any atom is 0.0853 e. The van der Waals surface area contributed by atoms with E-state index in [9.17, 15) is 0 Å². The Morgan fingerprint density at radius 2 is 2.18 bits per heavy atom. The Morgan fingerprint density at radius 1 is 1.41 bits per heavy atom. The highest BCUT2D eigenvalue weighted by molar-refractivity contribution is 5.14. The van der Waals surface area contributed by atoms with Crippen molar-refractivity contribution in [3.05, 3.63) is 35.9 Å². The molecule has 0 amide bonds. The SMILES string of the molecule is CC[C@@H](N)[C@@H]1CN(Cc2ccccc2)CCO1. The van der Waals surface area contributed by atoms with Crippen LogP contribution >= 0.6 is 0 Å². The van der Waals surface area contributed by atoms with Gasteiger partial charge < -0.3 is 10.5 Å². The van der Waals surface area contributed by atoms with Crippen molar-refractivity contribution < 1.29 is 4.74 Å². The molecule has 1 aliphatic rings. The van der Waals surface area contributed by atoms with E-state index in [1.54, 1.807) is 0 Å². The van der Waals surface area contributed by atoms with Gasteiger partial charge in [0.2, 0.25) is 0 Å². The molecule has 0 saturated carbocycles. The summed E-state index contributed by atoms with van der Waals surface area (Å²) < 4.78 is 5.73. The molecule has 3 nitrogen and oxygen atoms in total. The van der Waals surface area contributed by atoms with Crippen molar-refractivity contribution in [3.8, 4) is 0 Å². The maximum atomic E-state index is 6.05. The van der Waals surface area contributed by atoms with Crippen LogP contribution in [0.3, 0.4) is 0 Å². The minimum absolute atomic E-state index is 0.161. The van der Waals surface area contributed by atoms with Crippen LogP contribution in [0.25, 0.3) is 0 Å². The zero-order valence-electron chi connectivity index (χ0n) is 10.5. The van der Waals surface area contributed by atoms with Gasteiger partial charge in [-0.1, -0.05) is 37.3 Å². The first kappa shape index (κ1) is 12.6. The van der Waals surface area contributed by atoms with Gasteiger partial charge >= 0.3 is 0 Å². The summed E-state index contributed by atoms with van der Waals surface area (Å²) >= 11 is 0. The van der Waals surface area contributed by atoms with Gasteiger partial charge in [0.1, 0.15) is 0 Å². The van der Waals surface area contributed by atoms with Gasteiger partial charge in [-0.05, 0) is 12.0 Å². The van der Waals surface area contributed by atoms with Crippen LogP contribution in [0.15, 0.2) is 30.3 Å². The molecule has 2 N–H and O–H groups in total. The molecular formula is C14H22N2O. The Balaban J connectivity index is 1.89. The molecule has 0 aliphatic carbocycles. The highest BCUT2D eigenvalue weighted by Crippen LogP contribution is 2.13. The Labute approximate surface area is 104 Å². The fourth-order valence-corrected chi connectivity index (χ4v) is 2.24. The van der Waals surface area contributed by atoms with Crippen molar-refractivity contribution in [3.63, 3.8) is 0 Å². The molecular weight excluding hydrogens is 212 g/mol. The van der Waals surface area contributed by atoms with E-state index in [1.807, 2.05) is 0 Å². The van der Waals surface area contributed by atoms with E-state index in [-0.39, 0.29) is 12.1 Å². The van der Waals surface area contributed by atoms with Gasteiger partial charge in [-0.15, -0.1) is 0 Å². The lowest BCUT2D eigenvalue weighted by molar-refractivity contribution is -0.0434. The van der Waals surface area contributed by atoms with E-state index >= 15 is 0 Å². The van der Waals surface area contributed by atoms with Gasteiger partial charge in [0, 0.05) is 25.7 Å². The number of nitrogens with two attached hydrogens (primary N) is 1. The minimum atomic E-state index is 0.161. The van der Waals surface area contributed by atoms with Gasteiger partial charge in [-0.25, -0.2) is 0 Å². The number of rotatable bonds is 4. The average Bonchev–Trinajstić information content (AvgIpc) is 2.39. The average molecular weight is 234 g/mol. The molecule has 1 fully saturated rings. The van der Waals surface area contributed by atoms with Crippen LogP contribution in [-0.4, -0.2) is 36.7 Å². The van der Waals surface area contributed by atoms with Gasteiger partial charge in [-0.2, -0.15) is 0 Å². The van der Waals surface area contributed by atoms with Crippen molar-refractivity contribution in [2.75, 3.05) is 19.7 Å². The molecule has 94 valence electrons. The second-order valence-corrected chi connectivity index (χ2v) is 4.70. The molecule has 1 aromatic rings. The lowest BCUT2D eigenvalue weighted by Gasteiger charge is -2.35. The molecule has 1 aliphatic heterocycles. The largest absolute Gasteiger partial charge is 0.374 e. The van der Waals surface area contributed by atoms with E-state index < -0.39 is 0 Å². The minimum Gasteiger partial charge on any atom is -0.374 e. The summed E-state index contributed by atoms with van der Waals surface area (Å²) in [6, 6.07) is 10.7. The smallest absolute Gasteiger partial charge is 0.0853 e. The van der Waals surface area contributed by atoms with Crippen LogP contribution in [0.1, 0.15) is 18.9 Å². The van der Waals surface area contributed by atoms with Crippen molar-refractivity contribution in [1.82, 2.24) is 4.90 Å². The predicted octanol–water partition coefficient (Wildman–Crippen LogP) is 1.62. The second-order valence-electron chi connectivity index (χ2n) is 4.70. The monoisotopic (exact) mass is 234 g/mol. The van der Waals surface area contributed by atoms with Crippen LogP contribution in [-0.2, 0) is 11.3 Å². The molecule has 1 heterocycles. The summed E-state index contributed by atoms with van der Waals surface area (Å²) in [5, 5.41) is 0. The summed E-state index contributed by atoms with van der Waals surface area (Å²) in [6.07, 6.45) is 1.17.